The maximum atomic E-state index is 12.7. The fourth-order valence-corrected chi connectivity index (χ4v) is 4.37. The van der Waals surface area contributed by atoms with E-state index in [0.29, 0.717) is 16.4 Å². The monoisotopic (exact) mass is 410 g/mol. The van der Waals surface area contributed by atoms with Crippen LogP contribution in [0.2, 0.25) is 5.02 Å². The number of nitrogens with one attached hydrogen (secondary N) is 1. The van der Waals surface area contributed by atoms with E-state index in [4.69, 9.17) is 11.6 Å². The van der Waals surface area contributed by atoms with Gasteiger partial charge in [-0.15, -0.1) is 11.3 Å². The third-order valence-corrected chi connectivity index (χ3v) is 5.92. The van der Waals surface area contributed by atoms with Gasteiger partial charge >= 0.3 is 0 Å². The van der Waals surface area contributed by atoms with Crippen LogP contribution in [0.3, 0.4) is 0 Å². The van der Waals surface area contributed by atoms with Crippen molar-refractivity contribution in [2.45, 2.75) is 27.3 Å². The lowest BCUT2D eigenvalue weighted by molar-refractivity contribution is 0.0953. The summed E-state index contributed by atoms with van der Waals surface area (Å²) < 4.78 is 1.85. The Hall–Kier alpha value is -2.70. The Kier molecular flexibility index (Phi) is 4.91. The molecule has 28 heavy (non-hydrogen) atoms. The molecule has 1 N–H and O–H groups in total. The number of nitrogens with zero attached hydrogens (tertiary/aromatic N) is 3. The van der Waals surface area contributed by atoms with E-state index >= 15 is 0 Å². The fourth-order valence-electron chi connectivity index (χ4n) is 3.13. The van der Waals surface area contributed by atoms with E-state index in [1.54, 1.807) is 12.3 Å². The molecule has 4 rings (SSSR count). The number of pyridine rings is 1. The molecule has 0 unspecified atom stereocenters. The van der Waals surface area contributed by atoms with Gasteiger partial charge in [-0.1, -0.05) is 35.4 Å². The van der Waals surface area contributed by atoms with Crippen molar-refractivity contribution in [3.63, 3.8) is 0 Å². The van der Waals surface area contributed by atoms with Crippen LogP contribution in [0.15, 0.2) is 42.7 Å². The van der Waals surface area contributed by atoms with Crippen LogP contribution in [0.5, 0.6) is 0 Å². The first-order valence-corrected chi connectivity index (χ1v) is 10.1. The molecule has 0 bridgehead atoms. The molecule has 0 saturated carbocycles. The van der Waals surface area contributed by atoms with Crippen LogP contribution in [0, 0.1) is 20.8 Å². The number of carbonyl (C=O) groups excluding carboxylic acids is 1. The maximum absolute atomic E-state index is 12.7. The highest BCUT2D eigenvalue weighted by Crippen LogP contribution is 2.30. The summed E-state index contributed by atoms with van der Waals surface area (Å²) in [5, 5.41) is 4.44. The van der Waals surface area contributed by atoms with Gasteiger partial charge in [0.1, 0.15) is 15.5 Å². The Balaban J connectivity index is 1.52. The molecular formula is C21H19ClN4OS. The predicted octanol–water partition coefficient (Wildman–Crippen LogP) is 4.97. The zero-order valence-corrected chi connectivity index (χ0v) is 17.4. The summed E-state index contributed by atoms with van der Waals surface area (Å²) in [5.74, 6) is -0.138. The highest BCUT2D eigenvalue weighted by Gasteiger charge is 2.17. The topological polar surface area (TPSA) is 59.3 Å². The van der Waals surface area contributed by atoms with Gasteiger partial charge < -0.3 is 9.72 Å². The molecule has 1 aromatic carbocycles. The summed E-state index contributed by atoms with van der Waals surface area (Å²) in [5.41, 5.74) is 5.73. The molecule has 0 spiro atoms. The smallest absolute Gasteiger partial charge is 0.263 e. The first-order valence-electron chi connectivity index (χ1n) is 8.87. The Bertz CT molecular complexity index is 1190. The van der Waals surface area contributed by atoms with Crippen molar-refractivity contribution in [1.29, 1.82) is 0 Å². The zero-order chi connectivity index (χ0) is 19.8. The highest BCUT2D eigenvalue weighted by atomic mass is 35.5. The summed E-state index contributed by atoms with van der Waals surface area (Å²) in [7, 11) is 0. The van der Waals surface area contributed by atoms with Gasteiger partial charge in [-0.25, -0.2) is 9.97 Å². The van der Waals surface area contributed by atoms with Gasteiger partial charge in [0.2, 0.25) is 0 Å². The third kappa shape index (κ3) is 3.66. The SMILES string of the molecule is Cc1ccc(-c2nc(C)c(C(=O)NCc3cn4cc(Cl)ccc4n3)s2)c(C)c1. The molecule has 0 aliphatic carbocycles. The van der Waals surface area contributed by atoms with E-state index in [1.165, 1.54) is 16.9 Å². The second-order valence-corrected chi connectivity index (χ2v) is 8.22. The Morgan fingerprint density at radius 2 is 1.96 bits per heavy atom. The van der Waals surface area contributed by atoms with Crippen molar-refractivity contribution < 1.29 is 4.79 Å². The summed E-state index contributed by atoms with van der Waals surface area (Å²) in [6.07, 6.45) is 3.65. The number of halogens is 1. The molecule has 3 heterocycles. The number of benzene rings is 1. The molecule has 0 fully saturated rings. The zero-order valence-electron chi connectivity index (χ0n) is 15.8. The van der Waals surface area contributed by atoms with Crippen LogP contribution in [0.1, 0.15) is 32.2 Å². The molecule has 7 heteroatoms. The second-order valence-electron chi connectivity index (χ2n) is 6.78. The standard InChI is InChI=1S/C21H19ClN4OS/c1-12-4-6-17(13(2)8-12)21-24-14(3)19(28-21)20(27)23-9-16-11-26-10-15(22)5-7-18(26)25-16/h4-8,10-11H,9H2,1-3H3,(H,23,27). The number of amides is 1. The number of hydrogen-bond donors (Lipinski definition) is 1. The number of aromatic nitrogens is 3. The summed E-state index contributed by atoms with van der Waals surface area (Å²) in [6, 6.07) is 9.89. The number of fused-ring (bicyclic) bond motifs is 1. The highest BCUT2D eigenvalue weighted by molar-refractivity contribution is 7.17. The van der Waals surface area contributed by atoms with Gasteiger partial charge in [0.25, 0.3) is 5.91 Å². The molecule has 142 valence electrons. The Labute approximate surface area is 172 Å². The van der Waals surface area contributed by atoms with Crippen LogP contribution in [0.25, 0.3) is 16.2 Å². The van der Waals surface area contributed by atoms with E-state index in [0.717, 1.165) is 33.2 Å². The minimum absolute atomic E-state index is 0.138. The van der Waals surface area contributed by atoms with Gasteiger partial charge in [0.15, 0.2) is 0 Å². The summed E-state index contributed by atoms with van der Waals surface area (Å²) in [6.45, 7) is 6.34. The average Bonchev–Trinajstić information content (AvgIpc) is 3.22. The Morgan fingerprint density at radius 3 is 2.75 bits per heavy atom. The van der Waals surface area contributed by atoms with Crippen LogP contribution in [-0.2, 0) is 6.54 Å². The first kappa shape index (κ1) is 18.7. The van der Waals surface area contributed by atoms with E-state index in [9.17, 15) is 4.79 Å². The lowest BCUT2D eigenvalue weighted by atomic mass is 10.1. The lowest BCUT2D eigenvalue weighted by Gasteiger charge is -2.03. The second kappa shape index (κ2) is 7.37. The van der Waals surface area contributed by atoms with Crippen molar-refractivity contribution in [3.05, 3.63) is 75.1 Å². The normalized spacial score (nSPS) is 11.1. The minimum atomic E-state index is -0.138. The van der Waals surface area contributed by atoms with Crippen molar-refractivity contribution in [2.24, 2.45) is 0 Å². The molecule has 0 aliphatic heterocycles. The number of rotatable bonds is 4. The quantitative estimate of drug-likeness (QED) is 0.517. The van der Waals surface area contributed by atoms with Crippen LogP contribution in [-0.4, -0.2) is 20.3 Å². The molecule has 0 aliphatic rings. The van der Waals surface area contributed by atoms with Gasteiger partial charge in [-0.2, -0.15) is 0 Å². The number of hydrogen-bond acceptors (Lipinski definition) is 4. The molecule has 0 saturated heterocycles. The molecular weight excluding hydrogens is 392 g/mol. The molecule has 0 atom stereocenters. The van der Waals surface area contributed by atoms with E-state index in [1.807, 2.05) is 23.6 Å². The fraction of sp³-hybridized carbons (Fsp3) is 0.190. The van der Waals surface area contributed by atoms with Crippen molar-refractivity contribution in [2.75, 3.05) is 0 Å². The van der Waals surface area contributed by atoms with Gasteiger partial charge in [-0.3, -0.25) is 4.79 Å². The molecule has 4 aromatic rings. The number of imidazole rings is 1. The van der Waals surface area contributed by atoms with E-state index in [2.05, 4.69) is 47.3 Å². The van der Waals surface area contributed by atoms with Crippen molar-refractivity contribution in [1.82, 2.24) is 19.7 Å². The van der Waals surface area contributed by atoms with Gasteiger partial charge in [-0.05, 0) is 38.5 Å². The third-order valence-electron chi connectivity index (χ3n) is 4.51. The first-order chi connectivity index (χ1) is 13.4. The van der Waals surface area contributed by atoms with Crippen molar-refractivity contribution >= 4 is 34.5 Å². The molecule has 1 amide bonds. The maximum Gasteiger partial charge on any atom is 0.263 e. The lowest BCUT2D eigenvalue weighted by Crippen LogP contribution is -2.22. The predicted molar refractivity (Wildman–Crippen MR) is 113 cm³/mol. The van der Waals surface area contributed by atoms with E-state index in [-0.39, 0.29) is 5.91 Å². The van der Waals surface area contributed by atoms with Crippen LogP contribution < -0.4 is 5.32 Å². The summed E-state index contributed by atoms with van der Waals surface area (Å²) in [4.78, 5) is 22.4. The number of thiazole rings is 1. The average molecular weight is 411 g/mol. The van der Waals surface area contributed by atoms with Crippen LogP contribution >= 0.6 is 22.9 Å². The summed E-state index contributed by atoms with van der Waals surface area (Å²) >= 11 is 7.42. The molecule has 3 aromatic heterocycles. The largest absolute Gasteiger partial charge is 0.346 e. The van der Waals surface area contributed by atoms with E-state index < -0.39 is 0 Å². The minimum Gasteiger partial charge on any atom is -0.346 e. The molecule has 0 radical (unpaired) electrons. The van der Waals surface area contributed by atoms with Crippen LogP contribution in [0.4, 0.5) is 0 Å². The Morgan fingerprint density at radius 1 is 1.14 bits per heavy atom. The molecule has 5 nitrogen and oxygen atoms in total. The number of carbonyl (C=O) groups is 1. The number of aryl methyl sites for hydroxylation is 3. The van der Waals surface area contributed by atoms with Gasteiger partial charge in [0.05, 0.1) is 23.0 Å². The van der Waals surface area contributed by atoms with Crippen molar-refractivity contribution in [3.8, 4) is 10.6 Å². The van der Waals surface area contributed by atoms with Gasteiger partial charge in [0, 0.05) is 18.0 Å².